The second-order valence-corrected chi connectivity index (χ2v) is 5.77. The van der Waals surface area contributed by atoms with E-state index >= 15 is 0 Å². The molecule has 0 heterocycles. The molecule has 0 saturated carbocycles. The molecule has 4 nitrogen and oxygen atoms in total. The van der Waals surface area contributed by atoms with E-state index in [1.165, 1.54) is 0 Å². The van der Waals surface area contributed by atoms with Crippen LogP contribution < -0.4 is 15.4 Å². The van der Waals surface area contributed by atoms with Gasteiger partial charge in [-0.15, -0.1) is 0 Å². The third-order valence-electron chi connectivity index (χ3n) is 3.48. The van der Waals surface area contributed by atoms with Gasteiger partial charge in [-0.05, 0) is 30.0 Å². The standard InChI is InChI=1S/C19H24N2O2/c1-14(2)17-11-7-8-12-18(17)23-15(3)21-19(22)20-13-16-9-5-4-6-10-16/h4-12,14-15H,13H2,1-3H3,(H2,20,21,22). The maximum Gasteiger partial charge on any atom is 0.317 e. The smallest absolute Gasteiger partial charge is 0.317 e. The van der Waals surface area contributed by atoms with Crippen molar-refractivity contribution in [3.63, 3.8) is 0 Å². The Hall–Kier alpha value is -2.49. The number of ether oxygens (including phenoxy) is 1. The van der Waals surface area contributed by atoms with Gasteiger partial charge in [0.2, 0.25) is 0 Å². The van der Waals surface area contributed by atoms with E-state index in [1.54, 1.807) is 0 Å². The Morgan fingerprint density at radius 2 is 1.65 bits per heavy atom. The first-order valence-corrected chi connectivity index (χ1v) is 7.90. The first kappa shape index (κ1) is 16.9. The predicted molar refractivity (Wildman–Crippen MR) is 92.4 cm³/mol. The zero-order valence-electron chi connectivity index (χ0n) is 13.9. The molecule has 0 aromatic heterocycles. The van der Waals surface area contributed by atoms with Crippen LogP contribution in [0.25, 0.3) is 0 Å². The van der Waals surface area contributed by atoms with E-state index in [4.69, 9.17) is 4.74 Å². The fraction of sp³-hybridized carbons (Fsp3) is 0.316. The molecule has 0 aliphatic carbocycles. The Labute approximate surface area is 137 Å². The van der Waals surface area contributed by atoms with Gasteiger partial charge >= 0.3 is 6.03 Å². The molecule has 23 heavy (non-hydrogen) atoms. The van der Waals surface area contributed by atoms with Crippen LogP contribution in [0.1, 0.15) is 37.8 Å². The molecule has 2 amide bonds. The maximum atomic E-state index is 11.9. The normalized spacial score (nSPS) is 11.8. The monoisotopic (exact) mass is 312 g/mol. The fourth-order valence-corrected chi connectivity index (χ4v) is 2.30. The molecular formula is C19H24N2O2. The highest BCUT2D eigenvalue weighted by molar-refractivity contribution is 5.74. The third kappa shape index (κ3) is 5.33. The molecule has 4 heteroatoms. The van der Waals surface area contributed by atoms with Gasteiger partial charge in [0.1, 0.15) is 5.75 Å². The van der Waals surface area contributed by atoms with Crippen LogP contribution in [0.15, 0.2) is 54.6 Å². The quantitative estimate of drug-likeness (QED) is 0.791. The summed E-state index contributed by atoms with van der Waals surface area (Å²) >= 11 is 0. The molecule has 0 bridgehead atoms. The van der Waals surface area contributed by atoms with Crippen molar-refractivity contribution < 1.29 is 9.53 Å². The van der Waals surface area contributed by atoms with Crippen molar-refractivity contribution in [1.82, 2.24) is 10.6 Å². The number of hydrogen-bond donors (Lipinski definition) is 2. The molecule has 0 spiro atoms. The van der Waals surface area contributed by atoms with Gasteiger partial charge in [0.05, 0.1) is 0 Å². The number of para-hydroxylation sites is 1. The highest BCUT2D eigenvalue weighted by Crippen LogP contribution is 2.26. The SMILES string of the molecule is CC(NC(=O)NCc1ccccc1)Oc1ccccc1C(C)C. The average Bonchev–Trinajstić information content (AvgIpc) is 2.54. The molecule has 2 N–H and O–H groups in total. The summed E-state index contributed by atoms with van der Waals surface area (Å²) < 4.78 is 5.86. The number of rotatable bonds is 6. The summed E-state index contributed by atoms with van der Waals surface area (Å²) in [6.07, 6.45) is -0.411. The number of carbonyl (C=O) groups is 1. The lowest BCUT2D eigenvalue weighted by Crippen LogP contribution is -2.43. The highest BCUT2D eigenvalue weighted by atomic mass is 16.5. The minimum Gasteiger partial charge on any atom is -0.471 e. The molecule has 1 atom stereocenters. The fourth-order valence-electron chi connectivity index (χ4n) is 2.30. The van der Waals surface area contributed by atoms with Gasteiger partial charge in [-0.1, -0.05) is 62.4 Å². The van der Waals surface area contributed by atoms with Gasteiger partial charge < -0.3 is 15.4 Å². The van der Waals surface area contributed by atoms with Crippen LogP contribution in [-0.2, 0) is 6.54 Å². The summed E-state index contributed by atoms with van der Waals surface area (Å²) in [5.74, 6) is 1.17. The molecule has 0 fully saturated rings. The third-order valence-corrected chi connectivity index (χ3v) is 3.48. The van der Waals surface area contributed by atoms with Crippen LogP contribution in [0.5, 0.6) is 5.75 Å². The Balaban J connectivity index is 1.85. The molecule has 2 rings (SSSR count). The van der Waals surface area contributed by atoms with Gasteiger partial charge in [-0.3, -0.25) is 0 Å². The maximum absolute atomic E-state index is 11.9. The lowest BCUT2D eigenvalue weighted by Gasteiger charge is -2.20. The van der Waals surface area contributed by atoms with Gasteiger partial charge in [0.25, 0.3) is 0 Å². The van der Waals surface area contributed by atoms with E-state index in [0.717, 1.165) is 16.9 Å². The van der Waals surface area contributed by atoms with E-state index in [2.05, 4.69) is 24.5 Å². The Bertz CT molecular complexity index is 626. The molecule has 0 aliphatic heterocycles. The molecule has 0 saturated heterocycles. The number of benzene rings is 2. The van der Waals surface area contributed by atoms with Crippen LogP contribution in [0.4, 0.5) is 4.79 Å². The average molecular weight is 312 g/mol. The molecule has 2 aromatic carbocycles. The van der Waals surface area contributed by atoms with Crippen molar-refractivity contribution in [3.8, 4) is 5.75 Å². The van der Waals surface area contributed by atoms with Gasteiger partial charge in [-0.25, -0.2) is 4.79 Å². The second-order valence-electron chi connectivity index (χ2n) is 5.77. The van der Waals surface area contributed by atoms with Crippen LogP contribution in [0, 0.1) is 0 Å². The molecule has 0 aliphatic rings. The van der Waals surface area contributed by atoms with Crippen LogP contribution in [0.3, 0.4) is 0 Å². The van der Waals surface area contributed by atoms with Gasteiger partial charge in [0.15, 0.2) is 6.23 Å². The molecule has 1 unspecified atom stereocenters. The molecule has 0 radical (unpaired) electrons. The zero-order chi connectivity index (χ0) is 16.7. The highest BCUT2D eigenvalue weighted by Gasteiger charge is 2.12. The van der Waals surface area contributed by atoms with Crippen molar-refractivity contribution in [2.45, 2.75) is 39.5 Å². The zero-order valence-corrected chi connectivity index (χ0v) is 13.9. The van der Waals surface area contributed by atoms with Crippen molar-refractivity contribution in [3.05, 3.63) is 65.7 Å². The minimum atomic E-state index is -0.411. The van der Waals surface area contributed by atoms with Crippen molar-refractivity contribution >= 4 is 6.03 Å². The molecule has 122 valence electrons. The summed E-state index contributed by atoms with van der Waals surface area (Å²) in [4.78, 5) is 11.9. The van der Waals surface area contributed by atoms with Crippen LogP contribution in [0.2, 0.25) is 0 Å². The lowest BCUT2D eigenvalue weighted by atomic mass is 10.0. The van der Waals surface area contributed by atoms with E-state index in [1.807, 2.05) is 61.5 Å². The number of hydrogen-bond acceptors (Lipinski definition) is 2. The Morgan fingerprint density at radius 1 is 1.00 bits per heavy atom. The Morgan fingerprint density at radius 3 is 2.35 bits per heavy atom. The number of nitrogens with one attached hydrogen (secondary N) is 2. The van der Waals surface area contributed by atoms with Gasteiger partial charge in [-0.2, -0.15) is 0 Å². The van der Waals surface area contributed by atoms with Crippen LogP contribution >= 0.6 is 0 Å². The topological polar surface area (TPSA) is 50.4 Å². The predicted octanol–water partition coefficient (Wildman–Crippen LogP) is 4.03. The number of urea groups is 1. The first-order chi connectivity index (χ1) is 11.1. The van der Waals surface area contributed by atoms with Crippen LogP contribution in [-0.4, -0.2) is 12.3 Å². The van der Waals surface area contributed by atoms with E-state index in [9.17, 15) is 4.79 Å². The molecular weight excluding hydrogens is 288 g/mol. The van der Waals surface area contributed by atoms with E-state index in [0.29, 0.717) is 12.5 Å². The first-order valence-electron chi connectivity index (χ1n) is 7.90. The minimum absolute atomic E-state index is 0.247. The number of carbonyl (C=O) groups excluding carboxylic acids is 1. The summed E-state index contributed by atoms with van der Waals surface area (Å²) in [7, 11) is 0. The summed E-state index contributed by atoms with van der Waals surface area (Å²) in [5, 5.41) is 5.62. The summed E-state index contributed by atoms with van der Waals surface area (Å²) in [5.41, 5.74) is 2.19. The lowest BCUT2D eigenvalue weighted by molar-refractivity contribution is 0.175. The second kappa shape index (κ2) is 8.22. The van der Waals surface area contributed by atoms with E-state index in [-0.39, 0.29) is 6.03 Å². The van der Waals surface area contributed by atoms with Gasteiger partial charge in [0, 0.05) is 6.54 Å². The molecule has 2 aromatic rings. The van der Waals surface area contributed by atoms with E-state index < -0.39 is 6.23 Å². The van der Waals surface area contributed by atoms with Crippen molar-refractivity contribution in [2.24, 2.45) is 0 Å². The summed E-state index contributed by atoms with van der Waals surface area (Å²) in [6.45, 7) is 6.54. The van der Waals surface area contributed by atoms with Crippen molar-refractivity contribution in [1.29, 1.82) is 0 Å². The Kier molecular flexibility index (Phi) is 6.03. The largest absolute Gasteiger partial charge is 0.471 e. The summed E-state index contributed by atoms with van der Waals surface area (Å²) in [6, 6.07) is 17.4. The number of amides is 2. The van der Waals surface area contributed by atoms with Crippen molar-refractivity contribution in [2.75, 3.05) is 0 Å².